The fourth-order valence-corrected chi connectivity index (χ4v) is 3.01. The fourth-order valence-electron chi connectivity index (χ4n) is 3.01. The predicted octanol–water partition coefficient (Wildman–Crippen LogP) is 3.94. The molecule has 106 valence electrons. The van der Waals surface area contributed by atoms with Crippen LogP contribution in [0.4, 0.5) is 4.39 Å². The maximum atomic E-state index is 13.4. The van der Waals surface area contributed by atoms with Gasteiger partial charge in [-0.15, -0.1) is 0 Å². The van der Waals surface area contributed by atoms with Gasteiger partial charge < -0.3 is 9.84 Å². The molecule has 2 nitrogen and oxygen atoms in total. The lowest BCUT2D eigenvalue weighted by atomic mass is 9.73. The summed E-state index contributed by atoms with van der Waals surface area (Å²) in [5, 5.41) is 10.5. The summed E-state index contributed by atoms with van der Waals surface area (Å²) >= 11 is 0. The number of benzene rings is 1. The molecule has 1 aliphatic rings. The van der Waals surface area contributed by atoms with Gasteiger partial charge >= 0.3 is 0 Å². The number of rotatable bonds is 3. The van der Waals surface area contributed by atoms with Crippen molar-refractivity contribution in [2.45, 2.75) is 39.2 Å². The Bertz CT molecular complexity index is 433. The second-order valence-electron chi connectivity index (χ2n) is 5.87. The van der Waals surface area contributed by atoms with Gasteiger partial charge in [-0.25, -0.2) is 4.39 Å². The van der Waals surface area contributed by atoms with Crippen LogP contribution in [-0.4, -0.2) is 12.2 Å². The van der Waals surface area contributed by atoms with E-state index in [2.05, 4.69) is 13.8 Å². The average Bonchev–Trinajstić information content (AvgIpc) is 2.41. The van der Waals surface area contributed by atoms with Gasteiger partial charge in [-0.1, -0.05) is 26.3 Å². The van der Waals surface area contributed by atoms with E-state index in [1.54, 1.807) is 12.1 Å². The number of ether oxygens (including phenoxy) is 1. The van der Waals surface area contributed by atoms with Crippen molar-refractivity contribution in [1.29, 1.82) is 0 Å². The molecule has 0 bridgehead atoms. The SMILES string of the molecule is COc1cc(C(O)C2CCC(C)C(C)C2)ccc1F. The number of halogens is 1. The smallest absolute Gasteiger partial charge is 0.165 e. The van der Waals surface area contributed by atoms with Crippen molar-refractivity contribution in [3.8, 4) is 5.75 Å². The molecule has 4 atom stereocenters. The maximum absolute atomic E-state index is 13.4. The highest BCUT2D eigenvalue weighted by Crippen LogP contribution is 2.40. The van der Waals surface area contributed by atoms with Crippen LogP contribution in [0.3, 0.4) is 0 Å². The van der Waals surface area contributed by atoms with E-state index in [-0.39, 0.29) is 17.5 Å². The van der Waals surface area contributed by atoms with Crippen LogP contribution in [0, 0.1) is 23.6 Å². The third-order valence-electron chi connectivity index (χ3n) is 4.60. The zero-order valence-electron chi connectivity index (χ0n) is 11.9. The third-order valence-corrected chi connectivity index (χ3v) is 4.60. The van der Waals surface area contributed by atoms with E-state index >= 15 is 0 Å². The molecular weight excluding hydrogens is 243 g/mol. The fraction of sp³-hybridized carbons (Fsp3) is 0.625. The first-order valence-corrected chi connectivity index (χ1v) is 7.04. The maximum Gasteiger partial charge on any atom is 0.165 e. The van der Waals surface area contributed by atoms with Gasteiger partial charge in [0.25, 0.3) is 0 Å². The first-order chi connectivity index (χ1) is 9.02. The highest BCUT2D eigenvalue weighted by molar-refractivity contribution is 5.31. The number of aliphatic hydroxyl groups excluding tert-OH is 1. The predicted molar refractivity (Wildman–Crippen MR) is 73.6 cm³/mol. The molecule has 0 amide bonds. The van der Waals surface area contributed by atoms with Crippen molar-refractivity contribution in [1.82, 2.24) is 0 Å². The first kappa shape index (κ1) is 14.3. The molecule has 0 radical (unpaired) electrons. The Morgan fingerprint density at radius 3 is 2.63 bits per heavy atom. The first-order valence-electron chi connectivity index (χ1n) is 7.04. The molecule has 1 aromatic carbocycles. The molecule has 1 saturated carbocycles. The minimum atomic E-state index is -0.524. The van der Waals surface area contributed by atoms with E-state index in [4.69, 9.17) is 4.74 Å². The molecule has 0 saturated heterocycles. The normalized spacial score (nSPS) is 29.0. The zero-order valence-corrected chi connectivity index (χ0v) is 11.9. The van der Waals surface area contributed by atoms with E-state index in [1.165, 1.54) is 13.2 Å². The van der Waals surface area contributed by atoms with Crippen molar-refractivity contribution >= 4 is 0 Å². The Labute approximate surface area is 114 Å². The van der Waals surface area contributed by atoms with Crippen LogP contribution in [0.1, 0.15) is 44.8 Å². The summed E-state index contributed by atoms with van der Waals surface area (Å²) in [7, 11) is 1.44. The summed E-state index contributed by atoms with van der Waals surface area (Å²) in [5.74, 6) is 1.45. The Kier molecular flexibility index (Phi) is 4.46. The second kappa shape index (κ2) is 5.91. The summed E-state index contributed by atoms with van der Waals surface area (Å²) in [4.78, 5) is 0. The van der Waals surface area contributed by atoms with Crippen LogP contribution >= 0.6 is 0 Å². The minimum absolute atomic E-state index is 0.203. The van der Waals surface area contributed by atoms with Crippen LogP contribution in [0.5, 0.6) is 5.75 Å². The largest absolute Gasteiger partial charge is 0.494 e. The van der Waals surface area contributed by atoms with Crippen LogP contribution in [-0.2, 0) is 0 Å². The molecule has 1 aliphatic carbocycles. The zero-order chi connectivity index (χ0) is 14.0. The third kappa shape index (κ3) is 3.08. The molecule has 0 aromatic heterocycles. The molecule has 19 heavy (non-hydrogen) atoms. The second-order valence-corrected chi connectivity index (χ2v) is 5.87. The van der Waals surface area contributed by atoms with E-state index in [0.29, 0.717) is 5.92 Å². The highest BCUT2D eigenvalue weighted by atomic mass is 19.1. The number of hydrogen-bond acceptors (Lipinski definition) is 2. The molecule has 0 spiro atoms. The van der Waals surface area contributed by atoms with Gasteiger partial charge in [-0.3, -0.25) is 0 Å². The molecule has 1 aromatic rings. The average molecular weight is 266 g/mol. The van der Waals surface area contributed by atoms with E-state index < -0.39 is 6.10 Å². The summed E-state index contributed by atoms with van der Waals surface area (Å²) in [6.45, 7) is 4.52. The molecule has 1 N–H and O–H groups in total. The van der Waals surface area contributed by atoms with Crippen molar-refractivity contribution < 1.29 is 14.2 Å². The Morgan fingerprint density at radius 2 is 2.00 bits per heavy atom. The summed E-state index contributed by atoms with van der Waals surface area (Å²) in [6, 6.07) is 4.64. The lowest BCUT2D eigenvalue weighted by molar-refractivity contribution is 0.0559. The summed E-state index contributed by atoms with van der Waals surface area (Å²) < 4.78 is 18.4. The Morgan fingerprint density at radius 1 is 1.26 bits per heavy atom. The molecule has 2 rings (SSSR count). The van der Waals surface area contributed by atoms with Crippen molar-refractivity contribution in [3.63, 3.8) is 0 Å². The minimum Gasteiger partial charge on any atom is -0.494 e. The lowest BCUT2D eigenvalue weighted by Crippen LogP contribution is -2.25. The molecule has 0 aliphatic heterocycles. The van der Waals surface area contributed by atoms with E-state index in [9.17, 15) is 9.50 Å². The lowest BCUT2D eigenvalue weighted by Gasteiger charge is -2.34. The molecule has 4 unspecified atom stereocenters. The van der Waals surface area contributed by atoms with Gasteiger partial charge in [0.05, 0.1) is 13.2 Å². The number of aliphatic hydroxyl groups is 1. The van der Waals surface area contributed by atoms with E-state index in [1.807, 2.05) is 0 Å². The molecule has 0 heterocycles. The van der Waals surface area contributed by atoms with Crippen molar-refractivity contribution in [2.24, 2.45) is 17.8 Å². The van der Waals surface area contributed by atoms with Crippen LogP contribution < -0.4 is 4.74 Å². The van der Waals surface area contributed by atoms with Gasteiger partial charge in [0.2, 0.25) is 0 Å². The monoisotopic (exact) mass is 266 g/mol. The van der Waals surface area contributed by atoms with Gasteiger partial charge in [0, 0.05) is 0 Å². The summed E-state index contributed by atoms with van der Waals surface area (Å²) in [6.07, 6.45) is 2.69. The molecule has 3 heteroatoms. The van der Waals surface area contributed by atoms with Gasteiger partial charge in [0.15, 0.2) is 11.6 Å². The Hall–Kier alpha value is -1.09. The van der Waals surface area contributed by atoms with Gasteiger partial charge in [-0.05, 0) is 48.3 Å². The number of hydrogen-bond donors (Lipinski definition) is 1. The molecular formula is C16H23FO2. The number of methoxy groups -OCH3 is 1. The Balaban J connectivity index is 2.13. The van der Waals surface area contributed by atoms with Gasteiger partial charge in [0.1, 0.15) is 0 Å². The van der Waals surface area contributed by atoms with Gasteiger partial charge in [-0.2, -0.15) is 0 Å². The standard InChI is InChI=1S/C16H23FO2/c1-10-4-5-12(8-11(10)2)16(18)13-6-7-14(17)15(9-13)19-3/h6-7,9-12,16,18H,4-5,8H2,1-3H3. The van der Waals surface area contributed by atoms with Crippen LogP contribution in [0.2, 0.25) is 0 Å². The van der Waals surface area contributed by atoms with E-state index in [0.717, 1.165) is 30.7 Å². The van der Waals surface area contributed by atoms with Crippen LogP contribution in [0.15, 0.2) is 18.2 Å². The topological polar surface area (TPSA) is 29.5 Å². The van der Waals surface area contributed by atoms with Crippen molar-refractivity contribution in [2.75, 3.05) is 7.11 Å². The quantitative estimate of drug-likeness (QED) is 0.898. The van der Waals surface area contributed by atoms with Crippen LogP contribution in [0.25, 0.3) is 0 Å². The highest BCUT2D eigenvalue weighted by Gasteiger charge is 2.30. The van der Waals surface area contributed by atoms with Crippen molar-refractivity contribution in [3.05, 3.63) is 29.6 Å². The summed E-state index contributed by atoms with van der Waals surface area (Å²) in [5.41, 5.74) is 0.755. The molecule has 1 fully saturated rings.